The van der Waals surface area contributed by atoms with Crippen molar-refractivity contribution in [3.8, 4) is 0 Å². The van der Waals surface area contributed by atoms with Crippen molar-refractivity contribution in [1.29, 1.82) is 0 Å². The van der Waals surface area contributed by atoms with Crippen LogP contribution in [0.5, 0.6) is 0 Å². The second-order valence-corrected chi connectivity index (χ2v) is 5.62. The summed E-state index contributed by atoms with van der Waals surface area (Å²) < 4.78 is 5.40. The normalized spacial score (nSPS) is 19.4. The first kappa shape index (κ1) is 13.0. The predicted octanol–water partition coefficient (Wildman–Crippen LogP) is 2.63. The number of nitrogens with two attached hydrogens (primary N) is 1. The molecule has 96 valence electrons. The second-order valence-electron chi connectivity index (χ2n) is 4.67. The lowest BCUT2D eigenvalue weighted by Crippen LogP contribution is -2.31. The van der Waals surface area contributed by atoms with Gasteiger partial charge in [-0.25, -0.2) is 0 Å². The van der Waals surface area contributed by atoms with Crippen LogP contribution in [0.1, 0.15) is 42.7 Å². The van der Waals surface area contributed by atoms with Gasteiger partial charge in [0.2, 0.25) is 0 Å². The third-order valence-corrected chi connectivity index (χ3v) is 4.66. The number of hydrazine groups is 1. The molecule has 1 aliphatic rings. The summed E-state index contributed by atoms with van der Waals surface area (Å²) in [7, 11) is 0. The van der Waals surface area contributed by atoms with E-state index in [0.29, 0.717) is 6.04 Å². The molecule has 4 heteroatoms. The van der Waals surface area contributed by atoms with Crippen LogP contribution in [0, 0.1) is 5.92 Å². The highest BCUT2D eigenvalue weighted by Gasteiger charge is 2.21. The van der Waals surface area contributed by atoms with E-state index in [0.717, 1.165) is 32.0 Å². The Morgan fingerprint density at radius 2 is 2.29 bits per heavy atom. The van der Waals surface area contributed by atoms with Crippen LogP contribution in [0.3, 0.4) is 0 Å². The van der Waals surface area contributed by atoms with E-state index in [9.17, 15) is 0 Å². The van der Waals surface area contributed by atoms with Gasteiger partial charge in [0.1, 0.15) is 0 Å². The second kappa shape index (κ2) is 6.50. The first-order valence-corrected chi connectivity index (χ1v) is 7.33. The van der Waals surface area contributed by atoms with Gasteiger partial charge in [0.05, 0.1) is 6.04 Å². The molecule has 0 radical (unpaired) electrons. The van der Waals surface area contributed by atoms with Crippen molar-refractivity contribution in [2.45, 2.75) is 38.6 Å². The van der Waals surface area contributed by atoms with E-state index in [1.807, 2.05) is 11.3 Å². The Morgan fingerprint density at radius 3 is 2.94 bits per heavy atom. The van der Waals surface area contributed by atoms with Crippen LogP contribution >= 0.6 is 11.3 Å². The van der Waals surface area contributed by atoms with Gasteiger partial charge in [-0.3, -0.25) is 11.3 Å². The fourth-order valence-corrected chi connectivity index (χ4v) is 3.58. The molecule has 0 spiro atoms. The highest BCUT2D eigenvalue weighted by molar-refractivity contribution is 7.10. The number of ether oxygens (including phenoxy) is 1. The topological polar surface area (TPSA) is 47.3 Å². The Bertz CT molecular complexity index is 334. The third kappa shape index (κ3) is 3.28. The summed E-state index contributed by atoms with van der Waals surface area (Å²) in [6.07, 6.45) is 4.56. The lowest BCUT2D eigenvalue weighted by Gasteiger charge is -2.26. The van der Waals surface area contributed by atoms with Gasteiger partial charge in [0.15, 0.2) is 0 Å². The maximum Gasteiger partial charge on any atom is 0.0558 e. The summed E-state index contributed by atoms with van der Waals surface area (Å²) in [4.78, 5) is 1.42. The third-order valence-electron chi connectivity index (χ3n) is 3.59. The van der Waals surface area contributed by atoms with Crippen LogP contribution < -0.4 is 11.3 Å². The van der Waals surface area contributed by atoms with Crippen molar-refractivity contribution in [3.63, 3.8) is 0 Å². The summed E-state index contributed by atoms with van der Waals surface area (Å²) in [5, 5.41) is 2.17. The van der Waals surface area contributed by atoms with Gasteiger partial charge in [-0.15, -0.1) is 11.3 Å². The van der Waals surface area contributed by atoms with Crippen molar-refractivity contribution in [3.05, 3.63) is 21.9 Å². The molecular weight excluding hydrogens is 232 g/mol. The van der Waals surface area contributed by atoms with Crippen molar-refractivity contribution in [1.82, 2.24) is 5.43 Å². The Morgan fingerprint density at radius 1 is 1.53 bits per heavy atom. The molecule has 0 aliphatic carbocycles. The molecule has 1 aromatic rings. The van der Waals surface area contributed by atoms with E-state index in [2.05, 4.69) is 23.8 Å². The SMILES string of the molecule is CCc1ccsc1C(CC1CCOCC1)NN. The molecule has 1 unspecified atom stereocenters. The maximum atomic E-state index is 5.73. The Balaban J connectivity index is 2.00. The van der Waals surface area contributed by atoms with Gasteiger partial charge in [-0.2, -0.15) is 0 Å². The van der Waals surface area contributed by atoms with Crippen LogP contribution in [0.15, 0.2) is 11.4 Å². The van der Waals surface area contributed by atoms with Gasteiger partial charge in [0, 0.05) is 18.1 Å². The molecule has 1 fully saturated rings. The Hall–Kier alpha value is -0.420. The van der Waals surface area contributed by atoms with Crippen molar-refractivity contribution >= 4 is 11.3 Å². The monoisotopic (exact) mass is 254 g/mol. The molecule has 0 saturated carbocycles. The molecule has 3 nitrogen and oxygen atoms in total. The van der Waals surface area contributed by atoms with Gasteiger partial charge in [-0.1, -0.05) is 6.92 Å². The number of hydrogen-bond donors (Lipinski definition) is 2. The average molecular weight is 254 g/mol. The summed E-state index contributed by atoms with van der Waals surface area (Å²) in [5.74, 6) is 6.48. The average Bonchev–Trinajstić information content (AvgIpc) is 2.85. The van der Waals surface area contributed by atoms with Gasteiger partial charge in [-0.05, 0) is 48.6 Å². The van der Waals surface area contributed by atoms with Crippen LogP contribution in [0.25, 0.3) is 0 Å². The van der Waals surface area contributed by atoms with E-state index in [1.165, 1.54) is 23.3 Å². The molecule has 1 aromatic heterocycles. The Kier molecular flexibility index (Phi) is 4.98. The zero-order chi connectivity index (χ0) is 12.1. The minimum Gasteiger partial charge on any atom is -0.381 e. The van der Waals surface area contributed by atoms with Crippen LogP contribution in [0.4, 0.5) is 0 Å². The first-order chi connectivity index (χ1) is 8.35. The molecule has 0 aromatic carbocycles. The van der Waals surface area contributed by atoms with Gasteiger partial charge in [0.25, 0.3) is 0 Å². The smallest absolute Gasteiger partial charge is 0.0558 e. The van der Waals surface area contributed by atoms with E-state index in [-0.39, 0.29) is 0 Å². The van der Waals surface area contributed by atoms with Crippen LogP contribution in [0.2, 0.25) is 0 Å². The molecule has 2 rings (SSSR count). The quantitative estimate of drug-likeness (QED) is 0.627. The summed E-state index contributed by atoms with van der Waals surface area (Å²) in [5.41, 5.74) is 4.43. The van der Waals surface area contributed by atoms with Gasteiger partial charge < -0.3 is 4.74 Å². The minimum absolute atomic E-state index is 0.313. The summed E-state index contributed by atoms with van der Waals surface area (Å²) in [6.45, 7) is 4.02. The highest BCUT2D eigenvalue weighted by atomic mass is 32.1. The molecule has 17 heavy (non-hydrogen) atoms. The maximum absolute atomic E-state index is 5.73. The zero-order valence-corrected chi connectivity index (χ0v) is 11.3. The van der Waals surface area contributed by atoms with E-state index in [1.54, 1.807) is 0 Å². The predicted molar refractivity (Wildman–Crippen MR) is 71.9 cm³/mol. The highest BCUT2D eigenvalue weighted by Crippen LogP contribution is 2.32. The van der Waals surface area contributed by atoms with Crippen molar-refractivity contribution in [2.24, 2.45) is 11.8 Å². The Labute approximate surface area is 107 Å². The minimum atomic E-state index is 0.313. The first-order valence-electron chi connectivity index (χ1n) is 6.45. The lowest BCUT2D eigenvalue weighted by atomic mass is 9.91. The fourth-order valence-electron chi connectivity index (χ4n) is 2.51. The number of aryl methyl sites for hydroxylation is 1. The van der Waals surface area contributed by atoms with Crippen LogP contribution in [-0.2, 0) is 11.2 Å². The standard InChI is InChI=1S/C13H22N2OS/c1-2-11-5-8-17-13(11)12(15-14)9-10-3-6-16-7-4-10/h5,8,10,12,15H,2-4,6-7,9,14H2,1H3. The summed E-state index contributed by atoms with van der Waals surface area (Å²) in [6, 6.07) is 2.53. The molecule has 0 bridgehead atoms. The molecule has 1 atom stereocenters. The van der Waals surface area contributed by atoms with E-state index < -0.39 is 0 Å². The van der Waals surface area contributed by atoms with Crippen molar-refractivity contribution in [2.75, 3.05) is 13.2 Å². The molecule has 0 amide bonds. The molecule has 1 aliphatic heterocycles. The summed E-state index contributed by atoms with van der Waals surface area (Å²) >= 11 is 1.82. The molecule has 2 heterocycles. The number of nitrogens with one attached hydrogen (secondary N) is 1. The number of hydrogen-bond acceptors (Lipinski definition) is 4. The van der Waals surface area contributed by atoms with Crippen LogP contribution in [-0.4, -0.2) is 13.2 Å². The van der Waals surface area contributed by atoms with E-state index in [4.69, 9.17) is 10.6 Å². The number of rotatable bonds is 5. The molecule has 3 N–H and O–H groups in total. The fraction of sp³-hybridized carbons (Fsp3) is 0.692. The van der Waals surface area contributed by atoms with E-state index >= 15 is 0 Å². The number of thiophene rings is 1. The zero-order valence-electron chi connectivity index (χ0n) is 10.4. The molecule has 1 saturated heterocycles. The lowest BCUT2D eigenvalue weighted by molar-refractivity contribution is 0.0606. The van der Waals surface area contributed by atoms with Crippen molar-refractivity contribution < 1.29 is 4.74 Å². The molecular formula is C13H22N2OS. The van der Waals surface area contributed by atoms with Gasteiger partial charge >= 0.3 is 0 Å². The largest absolute Gasteiger partial charge is 0.381 e.